The van der Waals surface area contributed by atoms with Crippen LogP contribution in [0.5, 0.6) is 5.75 Å². The van der Waals surface area contributed by atoms with Crippen molar-refractivity contribution in [2.45, 2.75) is 50.9 Å². The van der Waals surface area contributed by atoms with Gasteiger partial charge < -0.3 is 24.6 Å². The van der Waals surface area contributed by atoms with Gasteiger partial charge in [0.05, 0.1) is 13.2 Å². The number of nitrogens with zero attached hydrogens (tertiary/aromatic N) is 3. The van der Waals surface area contributed by atoms with Crippen LogP contribution in [-0.2, 0) is 16.1 Å². The third kappa shape index (κ3) is 6.20. The Morgan fingerprint density at radius 3 is 2.63 bits per heavy atom. The quantitative estimate of drug-likeness (QED) is 0.577. The first-order chi connectivity index (χ1) is 18.5. The summed E-state index contributed by atoms with van der Waals surface area (Å²) < 4.78 is 11.4. The predicted octanol–water partition coefficient (Wildman–Crippen LogP) is 2.70. The molecule has 1 N–H and O–H groups in total. The second-order valence-electron chi connectivity index (χ2n) is 10.7. The van der Waals surface area contributed by atoms with Gasteiger partial charge in [-0.05, 0) is 49.9 Å². The van der Waals surface area contributed by atoms with Crippen LogP contribution in [0.3, 0.4) is 0 Å². The van der Waals surface area contributed by atoms with Gasteiger partial charge in [-0.25, -0.2) is 0 Å². The predicted molar refractivity (Wildman–Crippen MR) is 146 cm³/mol. The minimum absolute atomic E-state index is 0.0534. The summed E-state index contributed by atoms with van der Waals surface area (Å²) in [7, 11) is 1.60. The Morgan fingerprint density at radius 2 is 1.92 bits per heavy atom. The molecule has 5 rings (SSSR count). The molecule has 3 fully saturated rings. The normalized spacial score (nSPS) is 23.7. The largest absolute Gasteiger partial charge is 0.497 e. The van der Waals surface area contributed by atoms with Gasteiger partial charge in [0.15, 0.2) is 0 Å². The first kappa shape index (κ1) is 26.7. The maximum absolute atomic E-state index is 13.9. The second-order valence-corrected chi connectivity index (χ2v) is 10.7. The average Bonchev–Trinajstić information content (AvgIpc) is 3.64. The molecule has 2 aromatic carbocycles. The van der Waals surface area contributed by atoms with Crippen molar-refractivity contribution in [3.63, 3.8) is 0 Å². The van der Waals surface area contributed by atoms with E-state index in [4.69, 9.17) is 9.47 Å². The van der Waals surface area contributed by atoms with Crippen molar-refractivity contribution < 1.29 is 19.1 Å². The molecule has 38 heavy (non-hydrogen) atoms. The lowest BCUT2D eigenvalue weighted by atomic mass is 10.1. The van der Waals surface area contributed by atoms with E-state index in [0.717, 1.165) is 45.6 Å². The molecule has 0 radical (unpaired) electrons. The zero-order valence-corrected chi connectivity index (χ0v) is 22.6. The van der Waals surface area contributed by atoms with Gasteiger partial charge in [-0.2, -0.15) is 0 Å². The van der Waals surface area contributed by atoms with E-state index < -0.39 is 6.04 Å². The molecule has 3 unspecified atom stereocenters. The molecule has 0 bridgehead atoms. The molecule has 3 saturated heterocycles. The van der Waals surface area contributed by atoms with Crippen LogP contribution in [-0.4, -0.2) is 97.7 Å². The minimum Gasteiger partial charge on any atom is -0.497 e. The van der Waals surface area contributed by atoms with E-state index in [1.807, 2.05) is 17.0 Å². The van der Waals surface area contributed by atoms with E-state index in [0.29, 0.717) is 37.4 Å². The summed E-state index contributed by atoms with van der Waals surface area (Å²) in [6.07, 6.45) is 2.94. The summed E-state index contributed by atoms with van der Waals surface area (Å²) >= 11 is 0. The average molecular weight is 521 g/mol. The highest BCUT2D eigenvalue weighted by atomic mass is 16.5. The van der Waals surface area contributed by atoms with Crippen molar-refractivity contribution in [3.8, 4) is 5.75 Å². The fourth-order valence-electron chi connectivity index (χ4n) is 5.88. The molecule has 2 aromatic rings. The Hall–Kier alpha value is -2.94. The number of rotatable bonds is 8. The standard InChI is InChI=1S/C30H40N4O4/c1-22-8-10-23(11-9-22)19-33(21-27-7-4-16-38-27)25-18-28(30(36)32-14-12-31-13-15-32)34(20-25)29(35)24-5-3-6-26(17-24)37-2/h3,5-6,8-11,17,25,27-28,31H,4,7,12-16,18-21H2,1-2H3. The van der Waals surface area contributed by atoms with Crippen LogP contribution < -0.4 is 10.1 Å². The number of carbonyl (C=O) groups excluding carboxylic acids is 2. The summed E-state index contributed by atoms with van der Waals surface area (Å²) in [4.78, 5) is 33.8. The fraction of sp³-hybridized carbons (Fsp3) is 0.533. The number of aryl methyl sites for hydroxylation is 1. The number of methoxy groups -OCH3 is 1. The number of hydrogen-bond acceptors (Lipinski definition) is 6. The van der Waals surface area contributed by atoms with E-state index in [1.165, 1.54) is 11.1 Å². The summed E-state index contributed by atoms with van der Waals surface area (Å²) in [6.45, 7) is 7.88. The molecule has 0 aromatic heterocycles. The maximum Gasteiger partial charge on any atom is 0.254 e. The van der Waals surface area contributed by atoms with E-state index in [-0.39, 0.29) is 24.0 Å². The number of likely N-dealkylation sites (tertiary alicyclic amines) is 1. The van der Waals surface area contributed by atoms with Crippen LogP contribution in [0.25, 0.3) is 0 Å². The summed E-state index contributed by atoms with van der Waals surface area (Å²) in [6, 6.07) is 15.4. The Labute approximate surface area is 225 Å². The lowest BCUT2D eigenvalue weighted by molar-refractivity contribution is -0.135. The van der Waals surface area contributed by atoms with Crippen molar-refractivity contribution in [2.75, 3.05) is 53.0 Å². The van der Waals surface area contributed by atoms with Crippen LogP contribution in [0.4, 0.5) is 0 Å². The van der Waals surface area contributed by atoms with Gasteiger partial charge in [0.1, 0.15) is 11.8 Å². The number of hydrogen-bond donors (Lipinski definition) is 1. The van der Waals surface area contributed by atoms with Crippen molar-refractivity contribution in [1.29, 1.82) is 0 Å². The SMILES string of the molecule is COc1cccc(C(=O)N2CC(N(Cc3ccc(C)cc3)CC3CCCO3)CC2C(=O)N2CCNCC2)c1. The summed E-state index contributed by atoms with van der Waals surface area (Å²) in [5, 5.41) is 3.32. The van der Waals surface area contributed by atoms with Crippen molar-refractivity contribution in [1.82, 2.24) is 20.0 Å². The van der Waals surface area contributed by atoms with Crippen molar-refractivity contribution in [2.24, 2.45) is 0 Å². The second kappa shape index (κ2) is 12.3. The van der Waals surface area contributed by atoms with Crippen LogP contribution in [0.2, 0.25) is 0 Å². The van der Waals surface area contributed by atoms with Gasteiger partial charge in [0.2, 0.25) is 5.91 Å². The third-order valence-electron chi connectivity index (χ3n) is 8.06. The first-order valence-electron chi connectivity index (χ1n) is 13.9. The summed E-state index contributed by atoms with van der Waals surface area (Å²) in [5.74, 6) is 0.570. The number of nitrogens with one attached hydrogen (secondary N) is 1. The van der Waals surface area contributed by atoms with E-state index in [9.17, 15) is 9.59 Å². The summed E-state index contributed by atoms with van der Waals surface area (Å²) in [5.41, 5.74) is 3.01. The molecule has 8 heteroatoms. The molecule has 3 heterocycles. The van der Waals surface area contributed by atoms with Crippen LogP contribution >= 0.6 is 0 Å². The number of amides is 2. The molecular formula is C30H40N4O4. The molecule has 0 aliphatic carbocycles. The lowest BCUT2D eigenvalue weighted by Crippen LogP contribution is -2.53. The molecule has 2 amide bonds. The third-order valence-corrected chi connectivity index (χ3v) is 8.06. The number of benzene rings is 2. The van der Waals surface area contributed by atoms with Crippen LogP contribution in [0.15, 0.2) is 48.5 Å². The Kier molecular flexibility index (Phi) is 8.61. The molecule has 3 aliphatic rings. The zero-order chi connectivity index (χ0) is 26.5. The minimum atomic E-state index is -0.484. The van der Waals surface area contributed by atoms with Crippen LogP contribution in [0, 0.1) is 6.92 Å². The molecule has 3 atom stereocenters. The molecule has 204 valence electrons. The topological polar surface area (TPSA) is 74.4 Å². The Morgan fingerprint density at radius 1 is 1.13 bits per heavy atom. The number of piperazine rings is 1. The monoisotopic (exact) mass is 520 g/mol. The molecule has 8 nitrogen and oxygen atoms in total. The lowest BCUT2D eigenvalue weighted by Gasteiger charge is -2.32. The molecule has 0 saturated carbocycles. The number of carbonyl (C=O) groups is 2. The van der Waals surface area contributed by atoms with Crippen molar-refractivity contribution >= 4 is 11.8 Å². The molecule has 3 aliphatic heterocycles. The maximum atomic E-state index is 13.9. The van der Waals surface area contributed by atoms with E-state index >= 15 is 0 Å². The van der Waals surface area contributed by atoms with Gasteiger partial charge in [-0.1, -0.05) is 35.9 Å². The zero-order valence-electron chi connectivity index (χ0n) is 22.6. The van der Waals surface area contributed by atoms with Gasteiger partial charge in [-0.3, -0.25) is 14.5 Å². The molecular weight excluding hydrogens is 480 g/mol. The van der Waals surface area contributed by atoms with Crippen LogP contribution in [0.1, 0.15) is 40.7 Å². The highest BCUT2D eigenvalue weighted by molar-refractivity contribution is 5.98. The first-order valence-corrected chi connectivity index (χ1v) is 13.9. The van der Waals surface area contributed by atoms with Crippen molar-refractivity contribution in [3.05, 3.63) is 65.2 Å². The van der Waals surface area contributed by atoms with Gasteiger partial charge in [0.25, 0.3) is 5.91 Å². The highest BCUT2D eigenvalue weighted by Gasteiger charge is 2.44. The number of ether oxygens (including phenoxy) is 2. The van der Waals surface area contributed by atoms with E-state index in [2.05, 4.69) is 41.4 Å². The Bertz CT molecular complexity index is 1100. The smallest absolute Gasteiger partial charge is 0.254 e. The van der Waals surface area contributed by atoms with Gasteiger partial charge >= 0.3 is 0 Å². The fourth-order valence-corrected chi connectivity index (χ4v) is 5.88. The van der Waals surface area contributed by atoms with Gasteiger partial charge in [-0.15, -0.1) is 0 Å². The van der Waals surface area contributed by atoms with Gasteiger partial charge in [0, 0.05) is 64.0 Å². The highest BCUT2D eigenvalue weighted by Crippen LogP contribution is 2.29. The van der Waals surface area contributed by atoms with E-state index in [1.54, 1.807) is 24.1 Å². The molecule has 0 spiro atoms. The Balaban J connectivity index is 1.42.